The molecule has 1 radical (unpaired) electrons. The van der Waals surface area contributed by atoms with Crippen molar-refractivity contribution in [1.82, 2.24) is 4.99 Å². The predicted octanol–water partition coefficient (Wildman–Crippen LogP) is -1.40. The van der Waals surface area contributed by atoms with Gasteiger partial charge in [-0.15, -0.1) is 0 Å². The van der Waals surface area contributed by atoms with Crippen LogP contribution in [0.2, 0.25) is 0 Å². The second kappa shape index (κ2) is 2.80. The first-order chi connectivity index (χ1) is 6.45. The van der Waals surface area contributed by atoms with Gasteiger partial charge in [-0.05, 0) is 0 Å². The fraction of sp³-hybridized carbons (Fsp3) is 0. The molecule has 0 aliphatic carbocycles. The topological polar surface area (TPSA) is 14.1 Å². The summed E-state index contributed by atoms with van der Waals surface area (Å²) >= 11 is 0.0403. The Kier molecular flexibility index (Phi) is 1.62. The fourth-order valence-electron chi connectivity index (χ4n) is 1.51. The van der Waals surface area contributed by atoms with E-state index in [4.69, 9.17) is 0 Å². The van der Waals surface area contributed by atoms with E-state index in [-0.39, 0.29) is 21.2 Å². The number of hydrogen-bond acceptors (Lipinski definition) is 1. The zero-order valence-corrected chi connectivity index (χ0v) is 9.02. The Morgan fingerprint density at radius 3 is 3.08 bits per heavy atom. The summed E-state index contributed by atoms with van der Waals surface area (Å²) in [7, 11) is 0. The van der Waals surface area contributed by atoms with E-state index in [0.29, 0.717) is 0 Å². The van der Waals surface area contributed by atoms with Gasteiger partial charge in [0.1, 0.15) is 0 Å². The molecule has 1 nitrogen and oxygen atoms in total. The second-order valence-electron chi connectivity index (χ2n) is 2.91. The summed E-state index contributed by atoms with van der Waals surface area (Å²) in [5, 5.41) is 0. The van der Waals surface area contributed by atoms with Gasteiger partial charge in [-0.25, -0.2) is 0 Å². The van der Waals surface area contributed by atoms with Crippen molar-refractivity contribution in [2.24, 2.45) is 0 Å². The zero-order valence-electron chi connectivity index (χ0n) is 6.87. The fourth-order valence-corrected chi connectivity index (χ4v) is 4.32. The molecule has 63 valence electrons. The average Bonchev–Trinajstić information content (AvgIpc) is 2.56. The molecule has 0 fully saturated rings. The molecule has 0 unspecified atom stereocenters. The van der Waals surface area contributed by atoms with Crippen LogP contribution >= 0.6 is 0 Å². The molecular formula is C11H7IN. The van der Waals surface area contributed by atoms with Crippen LogP contribution in [0, 0.1) is 3.57 Å². The molecule has 1 aromatic rings. The van der Waals surface area contributed by atoms with E-state index in [0.717, 1.165) is 0 Å². The molecule has 0 bridgehead atoms. The van der Waals surface area contributed by atoms with Crippen molar-refractivity contribution in [2.45, 2.75) is 0 Å². The van der Waals surface area contributed by atoms with Crippen molar-refractivity contribution in [1.29, 1.82) is 0 Å². The van der Waals surface area contributed by atoms with E-state index < -0.39 is 0 Å². The van der Waals surface area contributed by atoms with Crippen molar-refractivity contribution in [2.75, 3.05) is 0 Å². The third kappa shape index (κ3) is 1.09. The maximum absolute atomic E-state index is 4.43. The number of benzene rings is 1. The molecule has 3 rings (SSSR count). The Hall–Kier alpha value is -0.900. The second-order valence-corrected chi connectivity index (χ2v) is 5.77. The van der Waals surface area contributed by atoms with Crippen LogP contribution in [0.15, 0.2) is 40.0 Å². The summed E-state index contributed by atoms with van der Waals surface area (Å²) in [5.41, 5.74) is 2.57. The Balaban J connectivity index is 2.24. The van der Waals surface area contributed by atoms with Crippen LogP contribution in [0.25, 0.3) is 5.70 Å². The van der Waals surface area contributed by atoms with Gasteiger partial charge in [0.25, 0.3) is 0 Å². The molecule has 0 saturated carbocycles. The standard InChI is InChI=1S/C11H7IN/c1-2-5-9-8(4-1)11-10(12-9)6-3-7-13-11/h1-7H. The van der Waals surface area contributed by atoms with Crippen molar-refractivity contribution in [3.63, 3.8) is 0 Å². The van der Waals surface area contributed by atoms with Gasteiger partial charge in [0, 0.05) is 0 Å². The normalized spacial score (nSPS) is 18.2. The molecule has 2 heterocycles. The monoisotopic (exact) mass is 280 g/mol. The summed E-state index contributed by atoms with van der Waals surface area (Å²) in [6.07, 6.45) is 6.12. The summed E-state index contributed by atoms with van der Waals surface area (Å²) in [4.78, 5) is 4.43. The van der Waals surface area contributed by atoms with Gasteiger partial charge in [0.15, 0.2) is 0 Å². The zero-order chi connectivity index (χ0) is 8.67. The Bertz CT molecular complexity index is 455. The number of rotatable bonds is 0. The van der Waals surface area contributed by atoms with E-state index in [1.54, 1.807) is 0 Å². The number of aliphatic imine (C=N–C) groups is 1. The molecule has 2 heteroatoms. The van der Waals surface area contributed by atoms with Gasteiger partial charge >= 0.3 is 87.2 Å². The Labute approximate surface area is 87.1 Å². The van der Waals surface area contributed by atoms with Crippen molar-refractivity contribution >= 4 is 11.9 Å². The number of halogens is 1. The molecule has 0 atom stereocenters. The third-order valence-corrected chi connectivity index (χ3v) is 5.06. The molecule has 2 aliphatic heterocycles. The quantitative estimate of drug-likeness (QED) is 0.519. The van der Waals surface area contributed by atoms with E-state index in [1.807, 2.05) is 12.3 Å². The van der Waals surface area contributed by atoms with Crippen molar-refractivity contribution in [3.05, 3.63) is 49.1 Å². The molecule has 13 heavy (non-hydrogen) atoms. The van der Waals surface area contributed by atoms with Crippen LogP contribution in [0.1, 0.15) is 5.56 Å². The predicted molar refractivity (Wildman–Crippen MR) is 49.4 cm³/mol. The molecule has 2 aliphatic rings. The van der Waals surface area contributed by atoms with E-state index in [2.05, 4.69) is 35.3 Å². The van der Waals surface area contributed by atoms with Gasteiger partial charge in [-0.3, -0.25) is 0 Å². The molecule has 1 aromatic carbocycles. The van der Waals surface area contributed by atoms with Crippen LogP contribution in [0.3, 0.4) is 0 Å². The van der Waals surface area contributed by atoms with Gasteiger partial charge in [-0.2, -0.15) is 0 Å². The van der Waals surface area contributed by atoms with Gasteiger partial charge in [0.05, 0.1) is 0 Å². The maximum atomic E-state index is 4.43. The molecule has 0 saturated heterocycles. The van der Waals surface area contributed by atoms with Crippen LogP contribution in [0.5, 0.6) is 0 Å². The summed E-state index contributed by atoms with van der Waals surface area (Å²) < 4.78 is 2.97. The summed E-state index contributed by atoms with van der Waals surface area (Å²) in [6.45, 7) is 0. The van der Waals surface area contributed by atoms with E-state index in [1.165, 1.54) is 18.4 Å². The summed E-state index contributed by atoms with van der Waals surface area (Å²) in [6, 6.07) is 8.61. The Morgan fingerprint density at radius 2 is 2.08 bits per heavy atom. The summed E-state index contributed by atoms with van der Waals surface area (Å²) in [5.74, 6) is 0. The molecule has 0 N–H and O–H groups in total. The van der Waals surface area contributed by atoms with Crippen LogP contribution in [-0.4, -0.2) is 6.21 Å². The number of hydrogen-bond donors (Lipinski definition) is 0. The van der Waals surface area contributed by atoms with Gasteiger partial charge in [0.2, 0.25) is 0 Å². The van der Waals surface area contributed by atoms with Crippen LogP contribution in [-0.2, 0) is 0 Å². The first-order valence-electron chi connectivity index (χ1n) is 4.14. The average molecular weight is 280 g/mol. The van der Waals surface area contributed by atoms with Crippen LogP contribution in [0.4, 0.5) is 0 Å². The van der Waals surface area contributed by atoms with E-state index in [9.17, 15) is 0 Å². The Morgan fingerprint density at radius 1 is 1.15 bits per heavy atom. The first-order valence-corrected chi connectivity index (χ1v) is 6.30. The number of fused-ring (bicyclic) bond motifs is 2. The molecule has 0 aromatic heterocycles. The van der Waals surface area contributed by atoms with Crippen LogP contribution < -0.4 is 26.2 Å². The van der Waals surface area contributed by atoms with Crippen molar-refractivity contribution < 1.29 is 21.2 Å². The van der Waals surface area contributed by atoms with E-state index >= 15 is 0 Å². The third-order valence-electron chi connectivity index (χ3n) is 2.09. The number of nitrogens with zero attached hydrogens (tertiary/aromatic N) is 1. The van der Waals surface area contributed by atoms with Gasteiger partial charge in [-0.1, -0.05) is 0 Å². The molecule has 0 amide bonds. The minimum absolute atomic E-state index is 0.0403. The SMILES string of the molecule is C1=CC2=C([N+]=C1)c1ccccc1[I-]2. The first kappa shape index (κ1) is 7.50. The van der Waals surface area contributed by atoms with Crippen molar-refractivity contribution in [3.8, 4) is 0 Å². The van der Waals surface area contributed by atoms with Gasteiger partial charge < -0.3 is 0 Å². The minimum atomic E-state index is 0.0403. The molecular weight excluding hydrogens is 273 g/mol. The molecule has 0 spiro atoms. The number of allylic oxidation sites excluding steroid dienone is 3.